The van der Waals surface area contributed by atoms with Gasteiger partial charge in [0, 0.05) is 13.0 Å². The first-order valence-electron chi connectivity index (χ1n) is 4.38. The number of rotatable bonds is 5. The fraction of sp³-hybridized carbons (Fsp3) is 1.00. The van der Waals surface area contributed by atoms with E-state index in [2.05, 4.69) is 6.92 Å². The van der Waals surface area contributed by atoms with Gasteiger partial charge in [0.2, 0.25) is 0 Å². The van der Waals surface area contributed by atoms with Crippen LogP contribution in [0.2, 0.25) is 0 Å². The van der Waals surface area contributed by atoms with Crippen molar-refractivity contribution < 1.29 is 9.84 Å². The molecule has 0 aromatic rings. The van der Waals surface area contributed by atoms with Crippen molar-refractivity contribution in [2.24, 2.45) is 5.92 Å². The summed E-state index contributed by atoms with van der Waals surface area (Å²) in [5.74, 6) is 0.245. The summed E-state index contributed by atoms with van der Waals surface area (Å²) in [6.45, 7) is 6.10. The van der Waals surface area contributed by atoms with Crippen molar-refractivity contribution in [3.63, 3.8) is 0 Å². The molecule has 11 heavy (non-hydrogen) atoms. The lowest BCUT2D eigenvalue weighted by Gasteiger charge is -2.25. The van der Waals surface area contributed by atoms with Gasteiger partial charge in [0.1, 0.15) is 0 Å². The van der Waals surface area contributed by atoms with Gasteiger partial charge in [-0.05, 0) is 12.8 Å². The second kappa shape index (κ2) is 5.56. The molecule has 0 aromatic heterocycles. The minimum atomic E-state index is -0.222. The van der Waals surface area contributed by atoms with Crippen LogP contribution in [0.1, 0.15) is 33.6 Å². The van der Waals surface area contributed by atoms with Gasteiger partial charge in [0.25, 0.3) is 0 Å². The second-order valence-corrected chi connectivity index (χ2v) is 3.02. The van der Waals surface area contributed by atoms with Crippen LogP contribution in [0.15, 0.2) is 0 Å². The standard InChI is InChI=1S/C9H20O2/c1-5-8(10)7(3)9(6-2)11-4/h7-10H,5-6H2,1-4H3. The molecule has 0 rings (SSSR count). The third kappa shape index (κ3) is 3.21. The lowest BCUT2D eigenvalue weighted by atomic mass is 9.95. The maximum Gasteiger partial charge on any atom is 0.0618 e. The number of hydrogen-bond donors (Lipinski definition) is 1. The largest absolute Gasteiger partial charge is 0.393 e. The van der Waals surface area contributed by atoms with Gasteiger partial charge < -0.3 is 9.84 Å². The predicted octanol–water partition coefficient (Wildman–Crippen LogP) is 1.82. The molecule has 0 saturated carbocycles. The highest BCUT2D eigenvalue weighted by molar-refractivity contribution is 4.71. The highest BCUT2D eigenvalue weighted by Crippen LogP contribution is 2.16. The molecule has 3 atom stereocenters. The summed E-state index contributed by atoms with van der Waals surface area (Å²) in [5.41, 5.74) is 0. The first-order chi connectivity index (χ1) is 5.17. The average Bonchev–Trinajstić information content (AvgIpc) is 2.05. The molecule has 1 N–H and O–H groups in total. The molecule has 0 aliphatic rings. The van der Waals surface area contributed by atoms with Gasteiger partial charge in [0.15, 0.2) is 0 Å². The zero-order valence-corrected chi connectivity index (χ0v) is 8.00. The highest BCUT2D eigenvalue weighted by atomic mass is 16.5. The molecule has 0 fully saturated rings. The zero-order valence-electron chi connectivity index (χ0n) is 8.00. The number of aliphatic hydroxyl groups is 1. The number of hydrogen-bond acceptors (Lipinski definition) is 2. The molecule has 0 radical (unpaired) electrons. The Morgan fingerprint density at radius 2 is 1.82 bits per heavy atom. The summed E-state index contributed by atoms with van der Waals surface area (Å²) in [6, 6.07) is 0. The Balaban J connectivity index is 3.86. The Labute approximate surface area is 69.6 Å². The third-order valence-electron chi connectivity index (χ3n) is 2.32. The second-order valence-electron chi connectivity index (χ2n) is 3.02. The summed E-state index contributed by atoms with van der Waals surface area (Å²) >= 11 is 0. The van der Waals surface area contributed by atoms with Crippen molar-refractivity contribution >= 4 is 0 Å². The summed E-state index contributed by atoms with van der Waals surface area (Å²) in [6.07, 6.45) is 1.75. The number of aliphatic hydroxyl groups excluding tert-OH is 1. The van der Waals surface area contributed by atoms with Gasteiger partial charge in [-0.15, -0.1) is 0 Å². The molecule has 2 nitrogen and oxygen atoms in total. The van der Waals surface area contributed by atoms with Crippen LogP contribution >= 0.6 is 0 Å². The first kappa shape index (κ1) is 10.9. The van der Waals surface area contributed by atoms with E-state index in [1.54, 1.807) is 7.11 Å². The van der Waals surface area contributed by atoms with E-state index in [-0.39, 0.29) is 18.1 Å². The van der Waals surface area contributed by atoms with Crippen molar-refractivity contribution in [1.29, 1.82) is 0 Å². The third-order valence-corrected chi connectivity index (χ3v) is 2.32. The van der Waals surface area contributed by atoms with E-state index >= 15 is 0 Å². The van der Waals surface area contributed by atoms with Crippen LogP contribution in [0.4, 0.5) is 0 Å². The van der Waals surface area contributed by atoms with E-state index in [0.29, 0.717) is 0 Å². The Hall–Kier alpha value is -0.0800. The van der Waals surface area contributed by atoms with Crippen LogP contribution < -0.4 is 0 Å². The van der Waals surface area contributed by atoms with Crippen LogP contribution in [0, 0.1) is 5.92 Å². The normalized spacial score (nSPS) is 19.4. The summed E-state index contributed by atoms with van der Waals surface area (Å²) in [5, 5.41) is 9.48. The van der Waals surface area contributed by atoms with Crippen molar-refractivity contribution in [2.75, 3.05) is 7.11 Å². The number of ether oxygens (including phenoxy) is 1. The van der Waals surface area contributed by atoms with Crippen molar-refractivity contribution in [1.82, 2.24) is 0 Å². The van der Waals surface area contributed by atoms with Crippen molar-refractivity contribution in [2.45, 2.75) is 45.8 Å². The molecule has 0 aromatic carbocycles. The SMILES string of the molecule is CCC(O)C(C)C(CC)OC. The van der Waals surface area contributed by atoms with Gasteiger partial charge in [-0.3, -0.25) is 0 Å². The number of methoxy groups -OCH3 is 1. The van der Waals surface area contributed by atoms with Crippen LogP contribution in [0.5, 0.6) is 0 Å². The van der Waals surface area contributed by atoms with E-state index in [1.165, 1.54) is 0 Å². The molecule has 3 unspecified atom stereocenters. The molecule has 0 saturated heterocycles. The molecule has 0 heterocycles. The summed E-state index contributed by atoms with van der Waals surface area (Å²) < 4.78 is 5.22. The molecule has 0 bridgehead atoms. The van der Waals surface area contributed by atoms with Gasteiger partial charge in [-0.1, -0.05) is 20.8 Å². The maximum absolute atomic E-state index is 9.48. The minimum absolute atomic E-state index is 0.199. The molecule has 0 aliphatic carbocycles. The van der Waals surface area contributed by atoms with Gasteiger partial charge in [0.05, 0.1) is 12.2 Å². The Morgan fingerprint density at radius 3 is 2.09 bits per heavy atom. The highest BCUT2D eigenvalue weighted by Gasteiger charge is 2.20. The minimum Gasteiger partial charge on any atom is -0.393 e. The predicted molar refractivity (Wildman–Crippen MR) is 46.5 cm³/mol. The van der Waals surface area contributed by atoms with E-state index in [9.17, 15) is 5.11 Å². The monoisotopic (exact) mass is 160 g/mol. The van der Waals surface area contributed by atoms with Crippen molar-refractivity contribution in [3.05, 3.63) is 0 Å². The summed E-state index contributed by atoms with van der Waals surface area (Å²) in [7, 11) is 1.70. The van der Waals surface area contributed by atoms with Crippen LogP contribution in [-0.4, -0.2) is 24.4 Å². The Kier molecular flexibility index (Phi) is 5.51. The van der Waals surface area contributed by atoms with Gasteiger partial charge in [-0.2, -0.15) is 0 Å². The zero-order chi connectivity index (χ0) is 8.85. The van der Waals surface area contributed by atoms with Gasteiger partial charge >= 0.3 is 0 Å². The molecular formula is C9H20O2. The maximum atomic E-state index is 9.48. The van der Waals surface area contributed by atoms with Gasteiger partial charge in [-0.25, -0.2) is 0 Å². The van der Waals surface area contributed by atoms with Crippen LogP contribution in [-0.2, 0) is 4.74 Å². The molecular weight excluding hydrogens is 140 g/mol. The topological polar surface area (TPSA) is 29.5 Å². The lowest BCUT2D eigenvalue weighted by Crippen LogP contribution is -2.29. The fourth-order valence-corrected chi connectivity index (χ4v) is 1.37. The lowest BCUT2D eigenvalue weighted by molar-refractivity contribution is -0.00848. The van der Waals surface area contributed by atoms with E-state index in [0.717, 1.165) is 12.8 Å². The van der Waals surface area contributed by atoms with Crippen LogP contribution in [0.25, 0.3) is 0 Å². The van der Waals surface area contributed by atoms with E-state index < -0.39 is 0 Å². The summed E-state index contributed by atoms with van der Waals surface area (Å²) in [4.78, 5) is 0. The smallest absolute Gasteiger partial charge is 0.0618 e. The molecule has 0 aliphatic heterocycles. The first-order valence-corrected chi connectivity index (χ1v) is 4.38. The van der Waals surface area contributed by atoms with E-state index in [1.807, 2.05) is 13.8 Å². The molecule has 0 spiro atoms. The van der Waals surface area contributed by atoms with Crippen molar-refractivity contribution in [3.8, 4) is 0 Å². The quantitative estimate of drug-likeness (QED) is 0.664. The fourth-order valence-electron chi connectivity index (χ4n) is 1.37. The Morgan fingerprint density at radius 1 is 1.27 bits per heavy atom. The Bertz CT molecular complexity index is 89.6. The molecule has 2 heteroatoms. The molecule has 0 amide bonds. The van der Waals surface area contributed by atoms with Crippen LogP contribution in [0.3, 0.4) is 0 Å². The average molecular weight is 160 g/mol. The molecule has 68 valence electrons. The van der Waals surface area contributed by atoms with E-state index in [4.69, 9.17) is 4.74 Å².